The van der Waals surface area contributed by atoms with Crippen LogP contribution in [-0.4, -0.2) is 69.0 Å². The van der Waals surface area contributed by atoms with E-state index in [0.29, 0.717) is 6.54 Å². The highest BCUT2D eigenvalue weighted by Crippen LogP contribution is 2.28. The maximum atomic E-state index is 12.3. The lowest BCUT2D eigenvalue weighted by Gasteiger charge is -2.38. The Morgan fingerprint density at radius 1 is 1.16 bits per heavy atom. The quantitative estimate of drug-likeness (QED) is 0.329. The van der Waals surface area contributed by atoms with E-state index in [-0.39, 0.29) is 29.9 Å². The Morgan fingerprint density at radius 2 is 1.88 bits per heavy atom. The van der Waals surface area contributed by atoms with Gasteiger partial charge in [-0.05, 0) is 23.8 Å². The number of benzene rings is 1. The van der Waals surface area contributed by atoms with E-state index in [9.17, 15) is 13.2 Å². The number of ether oxygens (including phenoxy) is 2. The number of hydrogen-bond acceptors (Lipinski definition) is 5. The first-order chi connectivity index (χ1) is 14.9. The summed E-state index contributed by atoms with van der Waals surface area (Å²) in [5, 5.41) is 3.26. The summed E-state index contributed by atoms with van der Waals surface area (Å²) in [5.74, 6) is 1.52. The van der Waals surface area contributed by atoms with Crippen LogP contribution >= 0.6 is 24.0 Å². The number of anilines is 1. The van der Waals surface area contributed by atoms with Gasteiger partial charge in [0.25, 0.3) is 0 Å². The van der Waals surface area contributed by atoms with Gasteiger partial charge in [0.1, 0.15) is 5.75 Å². The van der Waals surface area contributed by atoms with Gasteiger partial charge in [-0.2, -0.15) is 13.2 Å². The number of alkyl halides is 3. The fourth-order valence-corrected chi connectivity index (χ4v) is 3.36. The van der Waals surface area contributed by atoms with Crippen molar-refractivity contribution in [1.82, 2.24) is 15.2 Å². The molecule has 1 aromatic carbocycles. The highest BCUT2D eigenvalue weighted by atomic mass is 127. The number of nitrogens with zero attached hydrogens (tertiary/aromatic N) is 4. The molecule has 0 spiro atoms. The molecule has 1 aliphatic rings. The van der Waals surface area contributed by atoms with Gasteiger partial charge in [0, 0.05) is 52.0 Å². The SMILES string of the molecule is CN=C(NCc1ccnc(OCC(F)(F)F)c1)N1CCN(c2ccccc2OC)CC1.I. The number of methoxy groups -OCH3 is 1. The van der Waals surface area contributed by atoms with Gasteiger partial charge >= 0.3 is 6.18 Å². The molecular formula is C21H27F3IN5O2. The van der Waals surface area contributed by atoms with Crippen LogP contribution in [0.1, 0.15) is 5.56 Å². The van der Waals surface area contributed by atoms with Crippen LogP contribution in [0.15, 0.2) is 47.6 Å². The number of nitrogens with one attached hydrogen (secondary N) is 1. The van der Waals surface area contributed by atoms with Crippen molar-refractivity contribution in [2.45, 2.75) is 12.7 Å². The van der Waals surface area contributed by atoms with Crippen LogP contribution in [0.5, 0.6) is 11.6 Å². The van der Waals surface area contributed by atoms with Crippen molar-refractivity contribution < 1.29 is 22.6 Å². The van der Waals surface area contributed by atoms with E-state index >= 15 is 0 Å². The number of piperazine rings is 1. The molecule has 1 saturated heterocycles. The van der Waals surface area contributed by atoms with Gasteiger partial charge in [-0.15, -0.1) is 24.0 Å². The average Bonchev–Trinajstić information content (AvgIpc) is 2.78. The molecule has 0 saturated carbocycles. The third-order valence-electron chi connectivity index (χ3n) is 4.85. The molecule has 0 aliphatic carbocycles. The third-order valence-corrected chi connectivity index (χ3v) is 4.85. The third kappa shape index (κ3) is 7.31. The summed E-state index contributed by atoms with van der Waals surface area (Å²) in [6.07, 6.45) is -2.97. The highest BCUT2D eigenvalue weighted by Gasteiger charge is 2.28. The molecule has 2 heterocycles. The van der Waals surface area contributed by atoms with Crippen molar-refractivity contribution in [1.29, 1.82) is 0 Å². The van der Waals surface area contributed by atoms with Crippen LogP contribution < -0.4 is 19.7 Å². The van der Waals surface area contributed by atoms with Crippen molar-refractivity contribution in [3.05, 3.63) is 48.2 Å². The van der Waals surface area contributed by atoms with E-state index in [1.54, 1.807) is 20.2 Å². The number of aliphatic imine (C=N–C) groups is 1. The summed E-state index contributed by atoms with van der Waals surface area (Å²) in [7, 11) is 3.37. The first kappa shape index (κ1) is 25.8. The lowest BCUT2D eigenvalue weighted by molar-refractivity contribution is -0.154. The van der Waals surface area contributed by atoms with Crippen molar-refractivity contribution in [2.75, 3.05) is 51.8 Å². The van der Waals surface area contributed by atoms with E-state index in [0.717, 1.165) is 49.1 Å². The summed E-state index contributed by atoms with van der Waals surface area (Å²) in [5.41, 5.74) is 1.82. The fraction of sp³-hybridized carbons (Fsp3) is 0.429. The Hall–Kier alpha value is -2.44. The molecule has 32 heavy (non-hydrogen) atoms. The molecule has 0 amide bonds. The molecule has 1 N–H and O–H groups in total. The second-order valence-electron chi connectivity index (χ2n) is 6.95. The van der Waals surface area contributed by atoms with E-state index in [1.165, 1.54) is 12.3 Å². The summed E-state index contributed by atoms with van der Waals surface area (Å²) in [6.45, 7) is 2.19. The maximum absolute atomic E-state index is 12.3. The second-order valence-corrected chi connectivity index (χ2v) is 6.95. The summed E-state index contributed by atoms with van der Waals surface area (Å²) in [4.78, 5) is 12.6. The number of pyridine rings is 1. The Morgan fingerprint density at radius 3 is 2.53 bits per heavy atom. The van der Waals surface area contributed by atoms with E-state index in [2.05, 4.69) is 25.1 Å². The minimum Gasteiger partial charge on any atom is -0.495 e. The zero-order valence-electron chi connectivity index (χ0n) is 17.9. The Bertz CT molecular complexity index is 890. The molecule has 3 rings (SSSR count). The van der Waals surface area contributed by atoms with Crippen LogP contribution in [0.2, 0.25) is 0 Å². The number of aromatic nitrogens is 1. The highest BCUT2D eigenvalue weighted by molar-refractivity contribution is 14.0. The fourth-order valence-electron chi connectivity index (χ4n) is 3.36. The summed E-state index contributed by atoms with van der Waals surface area (Å²) < 4.78 is 47.2. The second kappa shape index (κ2) is 12.0. The van der Waals surface area contributed by atoms with Crippen LogP contribution in [0, 0.1) is 0 Å². The van der Waals surface area contributed by atoms with Crippen molar-refractivity contribution in [3.8, 4) is 11.6 Å². The number of halogens is 4. The Labute approximate surface area is 202 Å². The smallest absolute Gasteiger partial charge is 0.422 e. The maximum Gasteiger partial charge on any atom is 0.422 e. The molecule has 0 atom stereocenters. The molecule has 0 bridgehead atoms. The summed E-state index contributed by atoms with van der Waals surface area (Å²) >= 11 is 0. The number of hydrogen-bond donors (Lipinski definition) is 1. The summed E-state index contributed by atoms with van der Waals surface area (Å²) in [6, 6.07) is 11.1. The first-order valence-electron chi connectivity index (χ1n) is 9.87. The molecular weight excluding hydrogens is 538 g/mol. The van der Waals surface area contributed by atoms with Gasteiger partial charge < -0.3 is 24.6 Å². The molecule has 1 fully saturated rings. The lowest BCUT2D eigenvalue weighted by Crippen LogP contribution is -2.52. The minimum absolute atomic E-state index is 0. The minimum atomic E-state index is -4.40. The lowest BCUT2D eigenvalue weighted by atomic mass is 10.2. The molecule has 1 aromatic heterocycles. The monoisotopic (exact) mass is 565 g/mol. The molecule has 0 radical (unpaired) electrons. The van der Waals surface area contributed by atoms with Crippen LogP contribution in [0.3, 0.4) is 0 Å². The Balaban J connectivity index is 0.00000363. The van der Waals surface area contributed by atoms with Gasteiger partial charge in [-0.3, -0.25) is 4.99 Å². The van der Waals surface area contributed by atoms with Crippen LogP contribution in [0.4, 0.5) is 18.9 Å². The zero-order valence-corrected chi connectivity index (χ0v) is 20.3. The van der Waals surface area contributed by atoms with Gasteiger partial charge in [0.05, 0.1) is 12.8 Å². The van der Waals surface area contributed by atoms with Crippen molar-refractivity contribution in [2.24, 2.45) is 4.99 Å². The number of para-hydroxylation sites is 2. The normalized spacial score (nSPS) is 14.6. The zero-order chi connectivity index (χ0) is 22.3. The number of guanidine groups is 1. The van der Waals surface area contributed by atoms with Gasteiger partial charge in [-0.1, -0.05) is 12.1 Å². The van der Waals surface area contributed by atoms with Crippen LogP contribution in [-0.2, 0) is 6.54 Å². The molecule has 176 valence electrons. The Kier molecular flexibility index (Phi) is 9.66. The van der Waals surface area contributed by atoms with Gasteiger partial charge in [-0.25, -0.2) is 4.98 Å². The predicted octanol–water partition coefficient (Wildman–Crippen LogP) is 3.55. The van der Waals surface area contributed by atoms with Crippen LogP contribution in [0.25, 0.3) is 0 Å². The van der Waals surface area contributed by atoms with Gasteiger partial charge in [0.15, 0.2) is 12.6 Å². The van der Waals surface area contributed by atoms with Crippen molar-refractivity contribution >= 4 is 35.6 Å². The molecule has 0 unspecified atom stereocenters. The molecule has 7 nitrogen and oxygen atoms in total. The largest absolute Gasteiger partial charge is 0.495 e. The number of rotatable bonds is 6. The van der Waals surface area contributed by atoms with Crippen molar-refractivity contribution in [3.63, 3.8) is 0 Å². The molecule has 11 heteroatoms. The van der Waals surface area contributed by atoms with E-state index < -0.39 is 12.8 Å². The molecule has 1 aliphatic heterocycles. The molecule has 2 aromatic rings. The predicted molar refractivity (Wildman–Crippen MR) is 128 cm³/mol. The standard InChI is InChI=1S/C21H26F3N5O2.HI/c1-25-20(27-14-16-7-8-26-19(13-16)31-15-21(22,23)24)29-11-9-28(10-12-29)17-5-3-4-6-18(17)30-2;/h3-8,13H,9-12,14-15H2,1-2H3,(H,25,27);1H. The van der Waals surface area contributed by atoms with E-state index in [1.807, 2.05) is 24.3 Å². The van der Waals surface area contributed by atoms with E-state index in [4.69, 9.17) is 9.47 Å². The first-order valence-corrected chi connectivity index (χ1v) is 9.87. The average molecular weight is 565 g/mol. The van der Waals surface area contributed by atoms with Gasteiger partial charge in [0.2, 0.25) is 5.88 Å². The topological polar surface area (TPSA) is 62.2 Å².